The van der Waals surface area contributed by atoms with Crippen LogP contribution in [0.25, 0.3) is 0 Å². The molecular formula is C17H10AsCl3N4. The monoisotopic (exact) mass is 450 g/mol. The van der Waals surface area contributed by atoms with E-state index >= 15 is 0 Å². The van der Waals surface area contributed by atoms with Gasteiger partial charge < -0.3 is 0 Å². The van der Waals surface area contributed by atoms with Gasteiger partial charge in [-0.25, -0.2) is 0 Å². The Hall–Kier alpha value is -1.76. The van der Waals surface area contributed by atoms with Crippen LogP contribution in [0, 0.1) is 11.3 Å². The number of rotatable bonds is 4. The van der Waals surface area contributed by atoms with Crippen LogP contribution in [0.15, 0.2) is 48.7 Å². The topological polar surface area (TPSA) is 61.6 Å². The molecule has 4 nitrogen and oxygen atoms in total. The molecule has 2 aromatic carbocycles. The van der Waals surface area contributed by atoms with Crippen molar-refractivity contribution in [3.05, 3.63) is 69.3 Å². The minimum absolute atomic E-state index is 0.417. The average molecular weight is 452 g/mol. The van der Waals surface area contributed by atoms with Gasteiger partial charge in [0, 0.05) is 0 Å². The predicted octanol–water partition coefficient (Wildman–Crippen LogP) is 3.44. The summed E-state index contributed by atoms with van der Waals surface area (Å²) in [5.74, 6) is 0.605. The molecule has 0 bridgehead atoms. The minimum atomic E-state index is -0.713. The van der Waals surface area contributed by atoms with Gasteiger partial charge in [0.1, 0.15) is 0 Å². The van der Waals surface area contributed by atoms with E-state index in [9.17, 15) is 0 Å². The van der Waals surface area contributed by atoms with Crippen molar-refractivity contribution < 1.29 is 0 Å². The van der Waals surface area contributed by atoms with Gasteiger partial charge in [-0.15, -0.1) is 0 Å². The Kier molecular flexibility index (Phi) is 5.83. The summed E-state index contributed by atoms with van der Waals surface area (Å²) < 4.78 is 1.90. The van der Waals surface area contributed by atoms with Crippen molar-refractivity contribution in [1.82, 2.24) is 9.97 Å². The molecule has 1 aromatic heterocycles. The van der Waals surface area contributed by atoms with E-state index in [0.29, 0.717) is 32.1 Å². The predicted molar refractivity (Wildman–Crippen MR) is 104 cm³/mol. The van der Waals surface area contributed by atoms with Gasteiger partial charge in [0.2, 0.25) is 0 Å². The molecule has 124 valence electrons. The molecular weight excluding hydrogens is 441 g/mol. The molecule has 8 heteroatoms. The van der Waals surface area contributed by atoms with Crippen molar-refractivity contribution in [2.24, 2.45) is 0 Å². The molecule has 0 aliphatic heterocycles. The van der Waals surface area contributed by atoms with Crippen LogP contribution in [0.2, 0.25) is 15.1 Å². The molecule has 1 heterocycles. The van der Waals surface area contributed by atoms with Crippen LogP contribution in [0.1, 0.15) is 5.56 Å². The molecule has 0 radical (unpaired) electrons. The SMILES string of the molecule is N#Cc1ccc([AsH]c2nccc(Nc3c(Cl)cc(Cl)cc3Cl)n2)cc1. The third-order valence-corrected chi connectivity index (χ3v) is 6.28. The second-order valence-electron chi connectivity index (χ2n) is 4.95. The van der Waals surface area contributed by atoms with E-state index in [2.05, 4.69) is 21.4 Å². The van der Waals surface area contributed by atoms with Gasteiger partial charge in [0.25, 0.3) is 0 Å². The summed E-state index contributed by atoms with van der Waals surface area (Å²) in [6.07, 6.45) is 1.69. The van der Waals surface area contributed by atoms with E-state index in [0.717, 1.165) is 8.96 Å². The first-order valence-corrected chi connectivity index (χ1v) is 10.3. The Bertz CT molecular complexity index is 932. The van der Waals surface area contributed by atoms with E-state index in [4.69, 9.17) is 40.1 Å². The van der Waals surface area contributed by atoms with E-state index in [-0.39, 0.29) is 0 Å². The summed E-state index contributed by atoms with van der Waals surface area (Å²) in [6.45, 7) is 0. The van der Waals surface area contributed by atoms with Gasteiger partial charge in [0.05, 0.1) is 0 Å². The Morgan fingerprint density at radius 1 is 1.00 bits per heavy atom. The van der Waals surface area contributed by atoms with Crippen LogP contribution in [-0.2, 0) is 0 Å². The molecule has 3 aromatic rings. The van der Waals surface area contributed by atoms with Crippen LogP contribution >= 0.6 is 34.8 Å². The van der Waals surface area contributed by atoms with Gasteiger partial charge in [-0.1, -0.05) is 0 Å². The second kappa shape index (κ2) is 8.08. The van der Waals surface area contributed by atoms with Crippen LogP contribution in [-0.4, -0.2) is 25.7 Å². The quantitative estimate of drug-likeness (QED) is 0.618. The number of nitrogens with zero attached hydrogens (tertiary/aromatic N) is 3. The average Bonchev–Trinajstić information content (AvgIpc) is 2.59. The molecule has 0 spiro atoms. The molecule has 1 atom stereocenters. The molecule has 25 heavy (non-hydrogen) atoms. The van der Waals surface area contributed by atoms with E-state index in [1.54, 1.807) is 36.5 Å². The number of hydrogen-bond donors (Lipinski definition) is 1. The summed E-state index contributed by atoms with van der Waals surface area (Å²) in [6, 6.07) is 14.6. The maximum absolute atomic E-state index is 8.85. The first-order chi connectivity index (χ1) is 12.0. The van der Waals surface area contributed by atoms with Crippen molar-refractivity contribution in [2.75, 3.05) is 5.32 Å². The molecule has 3 rings (SSSR count). The van der Waals surface area contributed by atoms with E-state index in [1.165, 1.54) is 0 Å². The fraction of sp³-hybridized carbons (Fsp3) is 0. The van der Waals surface area contributed by atoms with Crippen molar-refractivity contribution in [1.29, 1.82) is 5.26 Å². The normalized spacial score (nSPS) is 10.8. The summed E-state index contributed by atoms with van der Waals surface area (Å²) in [4.78, 5) is 8.86. The van der Waals surface area contributed by atoms with Gasteiger partial charge in [-0.05, 0) is 0 Å². The third kappa shape index (κ3) is 4.65. The van der Waals surface area contributed by atoms with Crippen LogP contribution in [0.4, 0.5) is 11.5 Å². The van der Waals surface area contributed by atoms with Gasteiger partial charge in [0.15, 0.2) is 0 Å². The number of hydrogen-bond acceptors (Lipinski definition) is 4. The van der Waals surface area contributed by atoms with Crippen molar-refractivity contribution in [3.63, 3.8) is 0 Å². The standard InChI is InChI=1S/C17H10AsCl3N4/c19-12-7-13(20)16(14(21)8-12)24-15-5-6-23-17(25-15)18-11-3-1-10(9-22)2-4-11/h1-8,18H,(H,23,24,25). The van der Waals surface area contributed by atoms with Crippen LogP contribution in [0.5, 0.6) is 0 Å². The van der Waals surface area contributed by atoms with Gasteiger partial charge in [-0.2, -0.15) is 0 Å². The van der Waals surface area contributed by atoms with Gasteiger partial charge in [-0.3, -0.25) is 0 Å². The molecule has 0 aliphatic rings. The van der Waals surface area contributed by atoms with Crippen molar-refractivity contribution in [3.8, 4) is 6.07 Å². The molecule has 0 saturated carbocycles. The first-order valence-electron chi connectivity index (χ1n) is 7.07. The maximum atomic E-state index is 8.85. The van der Waals surface area contributed by atoms with E-state index in [1.807, 2.05) is 12.1 Å². The van der Waals surface area contributed by atoms with Crippen molar-refractivity contribution >= 4 is 71.0 Å². The molecule has 0 fully saturated rings. The Morgan fingerprint density at radius 2 is 1.68 bits per heavy atom. The Labute approximate surface area is 166 Å². The number of anilines is 2. The molecule has 0 aliphatic carbocycles. The fourth-order valence-electron chi connectivity index (χ4n) is 2.04. The number of aromatic nitrogens is 2. The van der Waals surface area contributed by atoms with Gasteiger partial charge >= 0.3 is 167 Å². The Balaban J connectivity index is 1.81. The van der Waals surface area contributed by atoms with Crippen LogP contribution < -0.4 is 14.3 Å². The summed E-state index contributed by atoms with van der Waals surface area (Å²) in [5, 5.41) is 13.3. The second-order valence-corrected chi connectivity index (χ2v) is 8.87. The fourth-order valence-corrected chi connectivity index (χ4v) is 4.85. The molecule has 0 saturated heterocycles. The zero-order valence-corrected chi connectivity index (χ0v) is 17.0. The van der Waals surface area contributed by atoms with E-state index < -0.39 is 15.8 Å². The summed E-state index contributed by atoms with van der Waals surface area (Å²) in [5.41, 5.74) is 1.19. The Morgan fingerprint density at radius 3 is 2.32 bits per heavy atom. The number of nitriles is 1. The summed E-state index contributed by atoms with van der Waals surface area (Å²) >= 11 is 17.6. The number of halogens is 3. The third-order valence-electron chi connectivity index (χ3n) is 3.19. The summed E-state index contributed by atoms with van der Waals surface area (Å²) in [7, 11) is 0. The molecule has 1 unspecified atom stereocenters. The zero-order valence-electron chi connectivity index (χ0n) is 12.6. The number of nitrogens with one attached hydrogen (secondary N) is 1. The van der Waals surface area contributed by atoms with Crippen molar-refractivity contribution in [2.45, 2.75) is 0 Å². The van der Waals surface area contributed by atoms with Crippen LogP contribution in [0.3, 0.4) is 0 Å². The molecule has 1 N–H and O–H groups in total. The number of benzene rings is 2. The molecule has 0 amide bonds. The zero-order chi connectivity index (χ0) is 17.8. The first kappa shape index (κ1) is 18.0.